The molecule has 0 N–H and O–H groups in total. The number of carbonyl (C=O) groups excluding carboxylic acids is 1. The van der Waals surface area contributed by atoms with Crippen LogP contribution in [-0.4, -0.2) is 5.78 Å². The molecule has 0 aliphatic rings. The number of Topliss-reactive ketones (excluding diaryl/α,β-unsaturated/α-hetero) is 1. The Morgan fingerprint density at radius 1 is 0.893 bits per heavy atom. The van der Waals surface area contributed by atoms with E-state index in [4.69, 9.17) is 0 Å². The molecule has 0 amide bonds. The molecule has 168 valence electrons. The van der Waals surface area contributed by atoms with Crippen LogP contribution < -0.4 is 5.30 Å². The van der Waals surface area contributed by atoms with E-state index < -0.39 is 0 Å². The van der Waals surface area contributed by atoms with Crippen molar-refractivity contribution in [3.63, 3.8) is 0 Å². The van der Waals surface area contributed by atoms with Gasteiger partial charge in [0.25, 0.3) is 0 Å². The van der Waals surface area contributed by atoms with Crippen molar-refractivity contribution in [2.45, 2.75) is 115 Å². The van der Waals surface area contributed by atoms with Gasteiger partial charge in [0, 0.05) is 12.3 Å². The minimum Gasteiger partial charge on any atom is -0.299 e. The lowest BCUT2D eigenvalue weighted by molar-refractivity contribution is -0.122. The summed E-state index contributed by atoms with van der Waals surface area (Å²) in [5.74, 6) is 1.59. The van der Waals surface area contributed by atoms with E-state index in [0.29, 0.717) is 12.2 Å². The molecule has 0 aliphatic carbocycles. The second kappa shape index (κ2) is 26.3. The summed E-state index contributed by atoms with van der Waals surface area (Å²) >= 11 is 0. The Morgan fingerprint density at radius 2 is 1.36 bits per heavy atom. The van der Waals surface area contributed by atoms with Crippen molar-refractivity contribution >= 4 is 20.3 Å². The van der Waals surface area contributed by atoms with Gasteiger partial charge in [0.05, 0.1) is 0 Å². The third-order valence-electron chi connectivity index (χ3n) is 4.58. The molecule has 0 fully saturated rings. The van der Waals surface area contributed by atoms with Gasteiger partial charge >= 0.3 is 0 Å². The van der Waals surface area contributed by atoms with Gasteiger partial charge in [-0.15, -0.1) is 9.24 Å². The predicted molar refractivity (Wildman–Crippen MR) is 137 cm³/mol. The monoisotopic (exact) mass is 412 g/mol. The van der Waals surface area contributed by atoms with Gasteiger partial charge in [-0.2, -0.15) is 0 Å². The number of benzene rings is 1. The Labute approximate surface area is 181 Å². The summed E-state index contributed by atoms with van der Waals surface area (Å²) in [6.07, 6.45) is 5.45. The van der Waals surface area contributed by atoms with Crippen LogP contribution in [0.4, 0.5) is 0 Å². The lowest BCUT2D eigenvalue weighted by Crippen LogP contribution is -2.06. The molecule has 1 nitrogen and oxygen atoms in total. The summed E-state index contributed by atoms with van der Waals surface area (Å²) in [5, 5.41) is 1.33. The van der Waals surface area contributed by atoms with Crippen LogP contribution in [-0.2, 0) is 11.2 Å². The first-order chi connectivity index (χ1) is 13.3. The minimum absolute atomic E-state index is 0.278. The molecule has 28 heavy (non-hydrogen) atoms. The summed E-state index contributed by atoms with van der Waals surface area (Å²) in [6.45, 7) is 25.0. The van der Waals surface area contributed by atoms with Crippen molar-refractivity contribution in [1.29, 1.82) is 0 Å². The Kier molecular flexibility index (Phi) is 32.7. The first-order valence-electron chi connectivity index (χ1n) is 11.6. The maximum absolute atomic E-state index is 10.7. The highest BCUT2D eigenvalue weighted by atomic mass is 31.0. The van der Waals surface area contributed by atoms with Crippen LogP contribution in [0.3, 0.4) is 0 Å². The zero-order chi connectivity index (χ0) is 23.1. The zero-order valence-electron chi connectivity index (χ0n) is 21.4. The van der Waals surface area contributed by atoms with Gasteiger partial charge in [0.15, 0.2) is 0 Å². The van der Waals surface area contributed by atoms with Crippen LogP contribution in [0.5, 0.6) is 0 Å². The second-order valence-corrected chi connectivity index (χ2v) is 7.23. The van der Waals surface area contributed by atoms with Crippen LogP contribution in [0.15, 0.2) is 18.2 Å². The average molecular weight is 413 g/mol. The van der Waals surface area contributed by atoms with Crippen molar-refractivity contribution in [3.8, 4) is 0 Å². The second-order valence-electron chi connectivity index (χ2n) is 6.61. The maximum atomic E-state index is 10.7. The molecule has 1 aromatic carbocycles. The Bertz CT molecular complexity index is 436. The van der Waals surface area contributed by atoms with Crippen LogP contribution in [0.1, 0.15) is 113 Å². The highest BCUT2D eigenvalue weighted by Crippen LogP contribution is 2.05. The lowest BCUT2D eigenvalue weighted by atomic mass is 10.0. The molecule has 0 spiro atoms. The van der Waals surface area contributed by atoms with Crippen molar-refractivity contribution in [2.24, 2.45) is 11.8 Å². The Hall–Kier alpha value is -0.680. The maximum Gasteiger partial charge on any atom is 0.135 e. The largest absolute Gasteiger partial charge is 0.299 e. The third-order valence-corrected chi connectivity index (χ3v) is 5.15. The van der Waals surface area contributed by atoms with E-state index in [1.165, 1.54) is 29.3 Å². The smallest absolute Gasteiger partial charge is 0.135 e. The molecule has 0 saturated heterocycles. The van der Waals surface area contributed by atoms with E-state index in [2.05, 4.69) is 62.1 Å². The number of hydrogen-bond donors (Lipinski definition) is 0. The normalized spacial score (nSPS) is 9.93. The third kappa shape index (κ3) is 21.6. The molecule has 0 bridgehead atoms. The van der Waals surface area contributed by atoms with Crippen molar-refractivity contribution in [1.82, 2.24) is 0 Å². The molecule has 2 atom stereocenters. The SMILES string of the molecule is CC.CC.CCC(=O)C(C)CC.CCC(C)CC.CCc1cc(C)ccc1P. The van der Waals surface area contributed by atoms with Gasteiger partial charge in [-0.1, -0.05) is 113 Å². The molecule has 2 heteroatoms. The molecule has 1 rings (SSSR count). The molecule has 2 unspecified atom stereocenters. The van der Waals surface area contributed by atoms with E-state index in [9.17, 15) is 4.79 Å². The fourth-order valence-corrected chi connectivity index (χ4v) is 2.29. The number of carbonyl (C=O) groups is 1. The summed E-state index contributed by atoms with van der Waals surface area (Å²) < 4.78 is 0. The summed E-state index contributed by atoms with van der Waals surface area (Å²) in [6, 6.07) is 6.53. The van der Waals surface area contributed by atoms with Crippen molar-refractivity contribution in [2.75, 3.05) is 0 Å². The quantitative estimate of drug-likeness (QED) is 0.428. The lowest BCUT2D eigenvalue weighted by Gasteiger charge is -2.02. The zero-order valence-corrected chi connectivity index (χ0v) is 22.6. The van der Waals surface area contributed by atoms with E-state index in [0.717, 1.165) is 18.8 Å². The number of hydrogen-bond acceptors (Lipinski definition) is 1. The van der Waals surface area contributed by atoms with Crippen LogP contribution in [0.2, 0.25) is 0 Å². The van der Waals surface area contributed by atoms with E-state index in [1.807, 2.05) is 48.5 Å². The predicted octanol–water partition coefficient (Wildman–Crippen LogP) is 8.56. The van der Waals surface area contributed by atoms with Gasteiger partial charge in [-0.25, -0.2) is 0 Å². The van der Waals surface area contributed by atoms with Crippen LogP contribution in [0, 0.1) is 18.8 Å². The van der Waals surface area contributed by atoms with E-state index >= 15 is 0 Å². The van der Waals surface area contributed by atoms with E-state index in [-0.39, 0.29) is 5.92 Å². The molecule has 1 aromatic rings. The highest BCUT2D eigenvalue weighted by molar-refractivity contribution is 7.27. The standard InChI is InChI=1S/C9H13P.C7H14O.C6H14.2C2H6/c1-3-8-6-7(2)4-5-9(8)10;1-4-6(3)7(8)5-2;1-4-6(3)5-2;2*1-2/h4-6H,3,10H2,1-2H3;6H,4-5H2,1-3H3;6H,4-5H2,1-3H3;2*1-2H3. The van der Waals surface area contributed by atoms with Gasteiger partial charge < -0.3 is 0 Å². The first-order valence-corrected chi connectivity index (χ1v) is 12.2. The summed E-state index contributed by atoms with van der Waals surface area (Å²) in [4.78, 5) is 10.7. The minimum atomic E-state index is 0.278. The van der Waals surface area contributed by atoms with Crippen LogP contribution >= 0.6 is 9.24 Å². The number of rotatable bonds is 6. The molecular formula is C26H53OP. The average Bonchev–Trinajstić information content (AvgIpc) is 2.77. The fourth-order valence-electron chi connectivity index (χ4n) is 1.91. The van der Waals surface area contributed by atoms with Crippen molar-refractivity contribution in [3.05, 3.63) is 29.3 Å². The first kappa shape index (κ1) is 34.8. The Morgan fingerprint density at radius 3 is 1.57 bits per heavy atom. The fraction of sp³-hybridized carbons (Fsp3) is 0.731. The van der Waals surface area contributed by atoms with Crippen molar-refractivity contribution < 1.29 is 4.79 Å². The molecule has 0 radical (unpaired) electrons. The summed E-state index contributed by atoms with van der Waals surface area (Å²) in [5.41, 5.74) is 2.79. The van der Waals surface area contributed by atoms with Gasteiger partial charge in [-0.05, 0) is 36.6 Å². The highest BCUT2D eigenvalue weighted by Gasteiger charge is 2.05. The van der Waals surface area contributed by atoms with Gasteiger partial charge in [-0.3, -0.25) is 4.79 Å². The van der Waals surface area contributed by atoms with Crippen LogP contribution in [0.25, 0.3) is 0 Å². The molecular weight excluding hydrogens is 359 g/mol. The number of aryl methyl sites for hydroxylation is 2. The van der Waals surface area contributed by atoms with Gasteiger partial charge in [0.1, 0.15) is 5.78 Å². The summed E-state index contributed by atoms with van der Waals surface area (Å²) in [7, 11) is 2.75. The van der Waals surface area contributed by atoms with Gasteiger partial charge in [0.2, 0.25) is 0 Å². The molecule has 0 heterocycles. The Balaban J connectivity index is -0.000000145. The topological polar surface area (TPSA) is 17.1 Å². The molecule has 0 aromatic heterocycles. The molecule has 0 aliphatic heterocycles. The van der Waals surface area contributed by atoms with E-state index in [1.54, 1.807) is 0 Å². The molecule has 0 saturated carbocycles. The number of ketones is 1.